The second-order valence-corrected chi connectivity index (χ2v) is 10.0. The minimum Gasteiger partial charge on any atom is -0.461 e. The number of hydrogen-bond acceptors (Lipinski definition) is 6. The molecule has 0 aliphatic carbocycles. The number of carbonyl (C=O) groups excluding carboxylic acids is 5. The lowest BCUT2D eigenvalue weighted by Crippen LogP contribution is -2.61. The number of piperidine rings is 2. The fraction of sp³-hybridized carbons (Fsp3) is 0.792. The lowest BCUT2D eigenvalue weighted by Gasteiger charge is -2.42. The minimum atomic E-state index is -0.821. The summed E-state index contributed by atoms with van der Waals surface area (Å²) in [6.45, 7) is 4.63. The van der Waals surface area contributed by atoms with Gasteiger partial charge in [-0.1, -0.05) is 0 Å². The third-order valence-electron chi connectivity index (χ3n) is 7.51. The summed E-state index contributed by atoms with van der Waals surface area (Å²) in [5.41, 5.74) is 0. The van der Waals surface area contributed by atoms with Gasteiger partial charge in [0.25, 0.3) is 0 Å². The maximum absolute atomic E-state index is 13.6. The minimum absolute atomic E-state index is 0.0174. The lowest BCUT2D eigenvalue weighted by atomic mass is 9.95. The molecule has 10 nitrogen and oxygen atoms in total. The molecule has 5 atom stereocenters. The number of hydrogen-bond donors (Lipinski definition) is 1. The Morgan fingerprint density at radius 1 is 0.706 bits per heavy atom. The van der Waals surface area contributed by atoms with Crippen molar-refractivity contribution in [3.63, 3.8) is 0 Å². The summed E-state index contributed by atoms with van der Waals surface area (Å²) in [5, 5.41) is 2.79. The Bertz CT molecular complexity index is 847. The average Bonchev–Trinajstić information content (AvgIpc) is 3.32. The molecule has 0 aromatic rings. The maximum Gasteiger partial charge on any atom is 0.329 e. The number of cyclic esters (lactones) is 1. The second-order valence-electron chi connectivity index (χ2n) is 10.0. The summed E-state index contributed by atoms with van der Waals surface area (Å²) in [4.78, 5) is 70.7. The zero-order valence-electron chi connectivity index (χ0n) is 20.2. The van der Waals surface area contributed by atoms with E-state index in [1.807, 2.05) is 0 Å². The molecule has 1 N–H and O–H groups in total. The first-order valence-corrected chi connectivity index (χ1v) is 12.7. The van der Waals surface area contributed by atoms with Crippen molar-refractivity contribution < 1.29 is 28.7 Å². The van der Waals surface area contributed by atoms with Crippen LogP contribution in [0.3, 0.4) is 0 Å². The Labute approximate surface area is 200 Å². The molecule has 10 heteroatoms. The van der Waals surface area contributed by atoms with E-state index in [4.69, 9.17) is 4.74 Å². The Kier molecular flexibility index (Phi) is 7.42. The van der Waals surface area contributed by atoms with E-state index in [9.17, 15) is 24.0 Å². The first-order valence-electron chi connectivity index (χ1n) is 12.7. The SMILES string of the molecule is C[C@@H]1NC(=O)[C@@H]2CCCCN2C(=O)[C@@H]2CCCCN2C(=O)C[C@H](C)OC(=O)[C@@H]2CCCN2C1=O. The van der Waals surface area contributed by atoms with Gasteiger partial charge in [-0.2, -0.15) is 0 Å². The number of fused-ring (bicyclic) bond motifs is 3. The lowest BCUT2D eigenvalue weighted by molar-refractivity contribution is -0.161. The van der Waals surface area contributed by atoms with Gasteiger partial charge in [0.1, 0.15) is 30.3 Å². The standard InChI is InChI=1S/C24H36N4O6/c1-15-14-20(29)26-11-5-4-9-18(26)23(32)27-12-6-3-8-17(27)21(30)25-16(2)22(31)28-13-7-10-19(28)24(33)34-15/h15-19H,3-14H2,1-2H3,(H,25,30)/t15-,16-,17-,18-,19-/m0/s1. The van der Waals surface area contributed by atoms with Gasteiger partial charge in [-0.3, -0.25) is 19.2 Å². The van der Waals surface area contributed by atoms with Crippen LogP contribution in [0.25, 0.3) is 0 Å². The molecule has 4 saturated heterocycles. The van der Waals surface area contributed by atoms with Crippen molar-refractivity contribution in [3.05, 3.63) is 0 Å². The highest BCUT2D eigenvalue weighted by Gasteiger charge is 2.43. The number of amides is 4. The molecule has 0 spiro atoms. The number of nitrogens with zero attached hydrogens (tertiary/aromatic N) is 3. The molecule has 0 aromatic carbocycles. The van der Waals surface area contributed by atoms with Gasteiger partial charge in [0, 0.05) is 19.6 Å². The Hall–Kier alpha value is -2.65. The quantitative estimate of drug-likeness (QED) is 0.511. The molecule has 188 valence electrons. The van der Waals surface area contributed by atoms with Gasteiger partial charge < -0.3 is 24.8 Å². The molecule has 0 unspecified atom stereocenters. The van der Waals surface area contributed by atoms with Crippen LogP contribution in [0.5, 0.6) is 0 Å². The fourth-order valence-corrected chi connectivity index (χ4v) is 5.72. The summed E-state index contributed by atoms with van der Waals surface area (Å²) < 4.78 is 5.57. The van der Waals surface area contributed by atoms with Crippen LogP contribution in [-0.4, -0.2) is 94.2 Å². The molecule has 4 aliphatic rings. The highest BCUT2D eigenvalue weighted by Crippen LogP contribution is 2.26. The third kappa shape index (κ3) is 4.90. The predicted octanol–water partition coefficient (Wildman–Crippen LogP) is 0.580. The van der Waals surface area contributed by atoms with Gasteiger partial charge in [-0.25, -0.2) is 4.79 Å². The molecule has 4 fully saturated rings. The second kappa shape index (κ2) is 10.3. The molecule has 4 aliphatic heterocycles. The molecule has 4 amide bonds. The first kappa shape index (κ1) is 24.5. The maximum atomic E-state index is 13.6. The van der Waals surface area contributed by atoms with Crippen molar-refractivity contribution >= 4 is 29.6 Å². The van der Waals surface area contributed by atoms with E-state index in [0.29, 0.717) is 45.3 Å². The topological polar surface area (TPSA) is 116 Å². The van der Waals surface area contributed by atoms with Crippen LogP contribution in [0.2, 0.25) is 0 Å². The van der Waals surface area contributed by atoms with Crippen molar-refractivity contribution in [3.8, 4) is 0 Å². The summed E-state index contributed by atoms with van der Waals surface area (Å²) in [7, 11) is 0. The highest BCUT2D eigenvalue weighted by molar-refractivity contribution is 5.95. The highest BCUT2D eigenvalue weighted by atomic mass is 16.5. The summed E-state index contributed by atoms with van der Waals surface area (Å²) in [5.74, 6) is -1.65. The molecular weight excluding hydrogens is 440 g/mol. The smallest absolute Gasteiger partial charge is 0.329 e. The number of carbonyl (C=O) groups is 5. The van der Waals surface area contributed by atoms with Gasteiger partial charge in [-0.15, -0.1) is 0 Å². The van der Waals surface area contributed by atoms with Gasteiger partial charge in [0.2, 0.25) is 23.6 Å². The van der Waals surface area contributed by atoms with Crippen LogP contribution in [0.1, 0.15) is 71.6 Å². The van der Waals surface area contributed by atoms with E-state index >= 15 is 0 Å². The number of ether oxygens (including phenoxy) is 1. The van der Waals surface area contributed by atoms with E-state index in [1.54, 1.807) is 23.6 Å². The van der Waals surface area contributed by atoms with Crippen molar-refractivity contribution in [1.29, 1.82) is 0 Å². The van der Waals surface area contributed by atoms with Gasteiger partial charge in [-0.05, 0) is 65.2 Å². The Balaban J connectivity index is 1.64. The largest absolute Gasteiger partial charge is 0.461 e. The number of rotatable bonds is 0. The first-order chi connectivity index (χ1) is 16.3. The molecule has 4 rings (SSSR count). The molecule has 34 heavy (non-hydrogen) atoms. The Morgan fingerprint density at radius 3 is 2.03 bits per heavy atom. The van der Waals surface area contributed by atoms with Crippen LogP contribution in [0.15, 0.2) is 0 Å². The van der Waals surface area contributed by atoms with Crippen molar-refractivity contribution in [1.82, 2.24) is 20.0 Å². The zero-order chi connectivity index (χ0) is 24.4. The van der Waals surface area contributed by atoms with E-state index in [0.717, 1.165) is 25.7 Å². The fourth-order valence-electron chi connectivity index (χ4n) is 5.72. The zero-order valence-corrected chi connectivity index (χ0v) is 20.2. The molecule has 0 aromatic heterocycles. The van der Waals surface area contributed by atoms with Crippen molar-refractivity contribution in [2.24, 2.45) is 0 Å². The summed E-state index contributed by atoms with van der Waals surface area (Å²) in [6.07, 6.45) is 4.80. The van der Waals surface area contributed by atoms with Crippen molar-refractivity contribution in [2.75, 3.05) is 19.6 Å². The van der Waals surface area contributed by atoms with Crippen LogP contribution in [0, 0.1) is 0 Å². The van der Waals surface area contributed by atoms with E-state index < -0.39 is 36.2 Å². The van der Waals surface area contributed by atoms with Gasteiger partial charge in [0.05, 0.1) is 6.42 Å². The van der Waals surface area contributed by atoms with Gasteiger partial charge >= 0.3 is 5.97 Å². The molecule has 4 heterocycles. The average molecular weight is 477 g/mol. The third-order valence-corrected chi connectivity index (χ3v) is 7.51. The normalized spacial score (nSPS) is 34.2. The molecule has 0 radical (unpaired) electrons. The number of esters is 1. The van der Waals surface area contributed by atoms with Crippen LogP contribution in [0.4, 0.5) is 0 Å². The Morgan fingerprint density at radius 2 is 1.29 bits per heavy atom. The number of nitrogens with one attached hydrogen (secondary N) is 1. The predicted molar refractivity (Wildman–Crippen MR) is 121 cm³/mol. The van der Waals surface area contributed by atoms with Crippen LogP contribution < -0.4 is 5.32 Å². The molecule has 0 bridgehead atoms. The van der Waals surface area contributed by atoms with Crippen molar-refractivity contribution in [2.45, 2.75) is 102 Å². The van der Waals surface area contributed by atoms with Gasteiger partial charge in [0.15, 0.2) is 0 Å². The summed E-state index contributed by atoms with van der Waals surface area (Å²) in [6, 6.07) is -2.82. The summed E-state index contributed by atoms with van der Waals surface area (Å²) >= 11 is 0. The van der Waals surface area contributed by atoms with E-state index in [2.05, 4.69) is 5.32 Å². The van der Waals surface area contributed by atoms with E-state index in [-0.39, 0.29) is 30.0 Å². The molecule has 0 saturated carbocycles. The molecular formula is C24H36N4O6. The van der Waals surface area contributed by atoms with Crippen LogP contribution >= 0.6 is 0 Å². The monoisotopic (exact) mass is 476 g/mol. The van der Waals surface area contributed by atoms with Crippen LogP contribution in [-0.2, 0) is 28.7 Å². The van der Waals surface area contributed by atoms with E-state index in [1.165, 1.54) is 4.90 Å².